The SMILES string of the molecule is COc1ccc(N2COc3ccc4c(c3C2)OC(=Cc2cccnc2)C4=O)cc1. The van der Waals surface area contributed by atoms with Gasteiger partial charge in [0.05, 0.1) is 24.8 Å². The van der Waals surface area contributed by atoms with Crippen molar-refractivity contribution >= 4 is 17.5 Å². The van der Waals surface area contributed by atoms with Gasteiger partial charge in [0.15, 0.2) is 12.5 Å². The molecular formula is C23H18N2O4. The van der Waals surface area contributed by atoms with Gasteiger partial charge >= 0.3 is 0 Å². The number of Topliss-reactive ketones (excluding diaryl/α,β-unsaturated/α-hetero) is 1. The zero-order valence-corrected chi connectivity index (χ0v) is 15.8. The molecule has 0 saturated heterocycles. The van der Waals surface area contributed by atoms with E-state index in [1.165, 1.54) is 0 Å². The Morgan fingerprint density at radius 2 is 2.00 bits per heavy atom. The topological polar surface area (TPSA) is 60.9 Å². The molecule has 6 nitrogen and oxygen atoms in total. The highest BCUT2D eigenvalue weighted by Gasteiger charge is 2.33. The molecule has 144 valence electrons. The molecule has 0 saturated carbocycles. The third kappa shape index (κ3) is 3.08. The first-order chi connectivity index (χ1) is 14.2. The van der Waals surface area contributed by atoms with Crippen molar-refractivity contribution in [2.75, 3.05) is 18.7 Å². The fraction of sp³-hybridized carbons (Fsp3) is 0.130. The Kier molecular flexibility index (Phi) is 4.17. The van der Waals surface area contributed by atoms with Crippen LogP contribution < -0.4 is 19.1 Å². The molecule has 2 aromatic carbocycles. The Morgan fingerprint density at radius 1 is 1.14 bits per heavy atom. The average Bonchev–Trinajstić information content (AvgIpc) is 3.10. The van der Waals surface area contributed by atoms with Crippen LogP contribution in [0.5, 0.6) is 17.2 Å². The van der Waals surface area contributed by atoms with Gasteiger partial charge < -0.3 is 19.1 Å². The fourth-order valence-electron chi connectivity index (χ4n) is 3.53. The van der Waals surface area contributed by atoms with Crippen LogP contribution in [0.3, 0.4) is 0 Å². The van der Waals surface area contributed by atoms with Crippen LogP contribution >= 0.6 is 0 Å². The molecule has 2 aliphatic heterocycles. The molecule has 2 aliphatic rings. The van der Waals surface area contributed by atoms with Crippen molar-refractivity contribution in [2.45, 2.75) is 6.54 Å². The molecule has 0 amide bonds. The number of carbonyl (C=O) groups excluding carboxylic acids is 1. The highest BCUT2D eigenvalue weighted by Crippen LogP contribution is 2.42. The second-order valence-electron chi connectivity index (χ2n) is 6.81. The molecule has 3 heterocycles. The first-order valence-corrected chi connectivity index (χ1v) is 9.25. The van der Waals surface area contributed by atoms with Gasteiger partial charge in [-0.15, -0.1) is 0 Å². The van der Waals surface area contributed by atoms with E-state index in [0.717, 1.165) is 28.3 Å². The Labute approximate surface area is 168 Å². The number of hydrogen-bond donors (Lipinski definition) is 0. The van der Waals surface area contributed by atoms with Gasteiger partial charge in [0, 0.05) is 18.1 Å². The molecule has 29 heavy (non-hydrogen) atoms. The number of aromatic nitrogens is 1. The van der Waals surface area contributed by atoms with Crippen LogP contribution in [0.15, 0.2) is 66.7 Å². The Balaban J connectivity index is 1.47. The molecule has 0 aliphatic carbocycles. The number of ketones is 1. The number of anilines is 1. The smallest absolute Gasteiger partial charge is 0.231 e. The minimum absolute atomic E-state index is 0.131. The molecular weight excluding hydrogens is 368 g/mol. The van der Waals surface area contributed by atoms with E-state index in [1.807, 2.05) is 42.5 Å². The van der Waals surface area contributed by atoms with E-state index in [-0.39, 0.29) is 5.78 Å². The van der Waals surface area contributed by atoms with E-state index < -0.39 is 0 Å². The van der Waals surface area contributed by atoms with Crippen LogP contribution in [0.2, 0.25) is 0 Å². The third-order valence-electron chi connectivity index (χ3n) is 5.04. The molecule has 0 N–H and O–H groups in total. The van der Waals surface area contributed by atoms with Gasteiger partial charge in [-0.1, -0.05) is 6.07 Å². The number of hydrogen-bond acceptors (Lipinski definition) is 6. The molecule has 6 heteroatoms. The molecule has 0 atom stereocenters. The number of carbonyl (C=O) groups is 1. The molecule has 0 bridgehead atoms. The number of methoxy groups -OCH3 is 1. The Bertz CT molecular complexity index is 1110. The lowest BCUT2D eigenvalue weighted by Crippen LogP contribution is -2.32. The van der Waals surface area contributed by atoms with Gasteiger partial charge in [-0.05, 0) is 54.1 Å². The lowest BCUT2D eigenvalue weighted by atomic mass is 10.0. The molecule has 0 fully saturated rings. The quantitative estimate of drug-likeness (QED) is 0.633. The van der Waals surface area contributed by atoms with Crippen molar-refractivity contribution < 1.29 is 19.0 Å². The third-order valence-corrected chi connectivity index (χ3v) is 5.04. The van der Waals surface area contributed by atoms with Crippen LogP contribution in [-0.4, -0.2) is 24.6 Å². The summed E-state index contributed by atoms with van der Waals surface area (Å²) in [5.41, 5.74) is 3.24. The summed E-state index contributed by atoms with van der Waals surface area (Å²) in [5, 5.41) is 0. The van der Waals surface area contributed by atoms with Crippen LogP contribution in [0.1, 0.15) is 21.5 Å². The van der Waals surface area contributed by atoms with E-state index in [0.29, 0.717) is 30.3 Å². The standard InChI is InChI=1S/C23H18N2O4/c1-27-17-6-4-16(5-7-17)25-13-19-20(28-14-25)9-8-18-22(26)21(29-23(18)19)11-15-3-2-10-24-12-15/h2-12H,13-14H2,1H3. The summed E-state index contributed by atoms with van der Waals surface area (Å²) >= 11 is 0. The summed E-state index contributed by atoms with van der Waals surface area (Å²) in [7, 11) is 1.64. The summed E-state index contributed by atoms with van der Waals surface area (Å²) in [6.45, 7) is 1.00. The predicted octanol–water partition coefficient (Wildman–Crippen LogP) is 4.06. The summed E-state index contributed by atoms with van der Waals surface area (Å²) in [6, 6.07) is 15.1. The van der Waals surface area contributed by atoms with Crippen molar-refractivity contribution in [1.29, 1.82) is 0 Å². The lowest BCUT2D eigenvalue weighted by Gasteiger charge is -2.31. The minimum atomic E-state index is -0.131. The molecule has 3 aromatic rings. The fourth-order valence-corrected chi connectivity index (χ4v) is 3.53. The molecule has 0 radical (unpaired) electrons. The first kappa shape index (κ1) is 17.3. The summed E-state index contributed by atoms with van der Waals surface area (Å²) in [4.78, 5) is 19.0. The van der Waals surface area contributed by atoms with Crippen molar-refractivity contribution in [3.63, 3.8) is 0 Å². The van der Waals surface area contributed by atoms with Crippen LogP contribution in [0.25, 0.3) is 6.08 Å². The highest BCUT2D eigenvalue weighted by atomic mass is 16.5. The van der Waals surface area contributed by atoms with Gasteiger partial charge in [-0.25, -0.2) is 0 Å². The number of ether oxygens (including phenoxy) is 3. The molecule has 0 unspecified atom stereocenters. The minimum Gasteiger partial charge on any atom is -0.497 e. The second kappa shape index (κ2) is 6.98. The maximum atomic E-state index is 12.8. The molecule has 1 aromatic heterocycles. The summed E-state index contributed by atoms with van der Waals surface area (Å²) in [5.74, 6) is 2.27. The predicted molar refractivity (Wildman–Crippen MR) is 108 cm³/mol. The van der Waals surface area contributed by atoms with Gasteiger partial charge in [0.25, 0.3) is 0 Å². The zero-order chi connectivity index (χ0) is 19.8. The number of pyridine rings is 1. The van der Waals surface area contributed by atoms with Crippen LogP contribution in [-0.2, 0) is 6.54 Å². The maximum Gasteiger partial charge on any atom is 0.231 e. The number of fused-ring (bicyclic) bond motifs is 3. The van der Waals surface area contributed by atoms with Gasteiger partial charge in [-0.2, -0.15) is 0 Å². The number of nitrogens with zero attached hydrogens (tertiary/aromatic N) is 2. The van der Waals surface area contributed by atoms with E-state index in [9.17, 15) is 4.79 Å². The van der Waals surface area contributed by atoms with Crippen molar-refractivity contribution in [2.24, 2.45) is 0 Å². The Hall–Kier alpha value is -3.80. The zero-order valence-electron chi connectivity index (χ0n) is 15.8. The molecule has 0 spiro atoms. The Morgan fingerprint density at radius 3 is 2.76 bits per heavy atom. The first-order valence-electron chi connectivity index (χ1n) is 9.25. The average molecular weight is 386 g/mol. The number of benzene rings is 2. The number of rotatable bonds is 3. The van der Waals surface area contributed by atoms with E-state index >= 15 is 0 Å². The number of allylic oxidation sites excluding steroid dienone is 1. The van der Waals surface area contributed by atoms with Crippen molar-refractivity contribution in [3.05, 3.63) is 83.4 Å². The lowest BCUT2D eigenvalue weighted by molar-refractivity contribution is 0.101. The normalized spacial score (nSPS) is 16.1. The van der Waals surface area contributed by atoms with Crippen LogP contribution in [0, 0.1) is 0 Å². The second-order valence-corrected chi connectivity index (χ2v) is 6.81. The molecule has 5 rings (SSSR count). The van der Waals surface area contributed by atoms with Gasteiger partial charge in [0.2, 0.25) is 5.78 Å². The summed E-state index contributed by atoms with van der Waals surface area (Å²) < 4.78 is 17.2. The summed E-state index contributed by atoms with van der Waals surface area (Å²) in [6.07, 6.45) is 5.10. The highest BCUT2D eigenvalue weighted by molar-refractivity contribution is 6.15. The largest absolute Gasteiger partial charge is 0.497 e. The van der Waals surface area contributed by atoms with Gasteiger partial charge in [-0.3, -0.25) is 9.78 Å². The monoisotopic (exact) mass is 386 g/mol. The van der Waals surface area contributed by atoms with Crippen molar-refractivity contribution in [3.8, 4) is 17.2 Å². The van der Waals surface area contributed by atoms with E-state index in [1.54, 1.807) is 31.6 Å². The van der Waals surface area contributed by atoms with Crippen molar-refractivity contribution in [1.82, 2.24) is 4.98 Å². The van der Waals surface area contributed by atoms with E-state index in [2.05, 4.69) is 9.88 Å². The van der Waals surface area contributed by atoms with Gasteiger partial charge in [0.1, 0.15) is 17.2 Å². The van der Waals surface area contributed by atoms with E-state index in [4.69, 9.17) is 14.2 Å². The van der Waals surface area contributed by atoms with Crippen LogP contribution in [0.4, 0.5) is 5.69 Å². The maximum absolute atomic E-state index is 12.8.